The Morgan fingerprint density at radius 2 is 1.74 bits per heavy atom. The van der Waals surface area contributed by atoms with E-state index in [0.29, 0.717) is 25.5 Å². The van der Waals surface area contributed by atoms with Gasteiger partial charge in [0.25, 0.3) is 0 Å². The highest BCUT2D eigenvalue weighted by molar-refractivity contribution is 6.30. The maximum Gasteiger partial charge on any atom is 0.240 e. The number of carbonyl (C=O) groups is 1. The number of alkyl halides is 1. The van der Waals surface area contributed by atoms with Gasteiger partial charge in [-0.3, -0.25) is 4.79 Å². The van der Waals surface area contributed by atoms with Gasteiger partial charge in [0.2, 0.25) is 5.91 Å². The zero-order valence-electron chi connectivity index (χ0n) is 17.9. The lowest BCUT2D eigenvalue weighted by Gasteiger charge is -2.24. The fourth-order valence-corrected chi connectivity index (χ4v) is 3.42. The molecule has 0 spiro atoms. The molecule has 162 valence electrons. The lowest BCUT2D eigenvalue weighted by Crippen LogP contribution is -2.38. The molecule has 0 radical (unpaired) electrons. The van der Waals surface area contributed by atoms with Crippen LogP contribution in [0, 0.1) is 19.7 Å². The molecule has 0 fully saturated rings. The SMILES string of the molecule is Cc1c(NCCN(Cc2ccccc2)C(=O)[C@@H](C)Cl)nnc(-c2ccc(F)cc2)c1C. The first-order chi connectivity index (χ1) is 14.9. The van der Waals surface area contributed by atoms with E-state index in [2.05, 4.69) is 15.5 Å². The van der Waals surface area contributed by atoms with Gasteiger partial charge in [0.1, 0.15) is 11.2 Å². The average molecular weight is 441 g/mol. The standard InChI is InChI=1S/C24H26ClFN4O/c1-16-17(2)23(29-28-22(16)20-9-11-21(26)12-10-20)27-13-14-30(24(31)18(3)25)15-19-7-5-4-6-8-19/h4-12,18H,13-15H2,1-3H3,(H,27,29)/t18-/m1/s1. The van der Waals surface area contributed by atoms with Crippen LogP contribution >= 0.6 is 11.6 Å². The molecule has 1 N–H and O–H groups in total. The summed E-state index contributed by atoms with van der Waals surface area (Å²) in [6.07, 6.45) is 0. The van der Waals surface area contributed by atoms with Crippen LogP contribution in [-0.2, 0) is 11.3 Å². The zero-order valence-corrected chi connectivity index (χ0v) is 18.7. The second-order valence-corrected chi connectivity index (χ2v) is 8.10. The Kier molecular flexibility index (Phi) is 7.58. The molecule has 0 saturated heterocycles. The van der Waals surface area contributed by atoms with Crippen LogP contribution in [-0.4, -0.2) is 39.5 Å². The molecule has 2 aromatic carbocycles. The van der Waals surface area contributed by atoms with Gasteiger partial charge in [-0.15, -0.1) is 21.8 Å². The molecule has 7 heteroatoms. The molecule has 0 bridgehead atoms. The monoisotopic (exact) mass is 440 g/mol. The van der Waals surface area contributed by atoms with Crippen LogP contribution in [0.3, 0.4) is 0 Å². The Hall–Kier alpha value is -2.99. The maximum atomic E-state index is 13.2. The van der Waals surface area contributed by atoms with E-state index in [4.69, 9.17) is 11.6 Å². The molecule has 0 saturated carbocycles. The molecule has 1 heterocycles. The predicted molar refractivity (Wildman–Crippen MR) is 123 cm³/mol. The fraction of sp³-hybridized carbons (Fsp3) is 0.292. The Balaban J connectivity index is 1.69. The van der Waals surface area contributed by atoms with Gasteiger partial charge in [0, 0.05) is 25.2 Å². The van der Waals surface area contributed by atoms with Gasteiger partial charge in [-0.25, -0.2) is 4.39 Å². The molecule has 1 amide bonds. The largest absolute Gasteiger partial charge is 0.367 e. The number of nitrogens with one attached hydrogen (secondary N) is 1. The zero-order chi connectivity index (χ0) is 22.4. The van der Waals surface area contributed by atoms with Gasteiger partial charge in [-0.05, 0) is 61.7 Å². The van der Waals surface area contributed by atoms with E-state index in [-0.39, 0.29) is 11.7 Å². The first kappa shape index (κ1) is 22.7. The lowest BCUT2D eigenvalue weighted by atomic mass is 10.0. The molecule has 0 aliphatic rings. The molecular formula is C24H26ClFN4O. The summed E-state index contributed by atoms with van der Waals surface area (Å²) in [5.41, 5.74) is 4.51. The van der Waals surface area contributed by atoms with E-state index in [0.717, 1.165) is 27.9 Å². The number of hydrogen-bond acceptors (Lipinski definition) is 4. The fourth-order valence-electron chi connectivity index (χ4n) is 3.29. The maximum absolute atomic E-state index is 13.2. The van der Waals surface area contributed by atoms with Crippen molar-refractivity contribution in [3.63, 3.8) is 0 Å². The molecule has 1 aromatic heterocycles. The number of nitrogens with zero attached hydrogens (tertiary/aromatic N) is 3. The van der Waals surface area contributed by atoms with Gasteiger partial charge >= 0.3 is 0 Å². The minimum absolute atomic E-state index is 0.113. The molecule has 1 atom stereocenters. The molecule has 5 nitrogen and oxygen atoms in total. The Labute approximate surface area is 187 Å². The van der Waals surface area contributed by atoms with Crippen LogP contribution in [0.25, 0.3) is 11.3 Å². The van der Waals surface area contributed by atoms with Crippen molar-refractivity contribution in [2.75, 3.05) is 18.4 Å². The highest BCUT2D eigenvalue weighted by Crippen LogP contribution is 2.26. The van der Waals surface area contributed by atoms with E-state index in [1.807, 2.05) is 44.2 Å². The number of hydrogen-bond donors (Lipinski definition) is 1. The number of benzene rings is 2. The van der Waals surface area contributed by atoms with Gasteiger partial charge < -0.3 is 10.2 Å². The molecule has 3 rings (SSSR count). The predicted octanol–water partition coefficient (Wildman–Crippen LogP) is 4.97. The summed E-state index contributed by atoms with van der Waals surface area (Å²) in [5, 5.41) is 11.3. The van der Waals surface area contributed by atoms with E-state index >= 15 is 0 Å². The van der Waals surface area contributed by atoms with Gasteiger partial charge in [-0.1, -0.05) is 30.3 Å². The molecular weight excluding hydrogens is 415 g/mol. The summed E-state index contributed by atoms with van der Waals surface area (Å²) in [7, 11) is 0. The van der Waals surface area contributed by atoms with Crippen LogP contribution in [0.4, 0.5) is 10.2 Å². The van der Waals surface area contributed by atoms with Crippen molar-refractivity contribution in [2.45, 2.75) is 32.7 Å². The van der Waals surface area contributed by atoms with Gasteiger partial charge in [0.15, 0.2) is 5.82 Å². The summed E-state index contributed by atoms with van der Waals surface area (Å²) < 4.78 is 13.2. The van der Waals surface area contributed by atoms with Crippen LogP contribution in [0.15, 0.2) is 54.6 Å². The minimum Gasteiger partial charge on any atom is -0.367 e. The second-order valence-electron chi connectivity index (χ2n) is 7.44. The van der Waals surface area contributed by atoms with E-state index < -0.39 is 5.38 Å². The minimum atomic E-state index is -0.595. The molecule has 0 aliphatic carbocycles. The molecule has 3 aromatic rings. The van der Waals surface area contributed by atoms with Crippen molar-refractivity contribution in [3.8, 4) is 11.3 Å². The number of anilines is 1. The van der Waals surface area contributed by atoms with Crippen LogP contribution in [0.2, 0.25) is 0 Å². The van der Waals surface area contributed by atoms with E-state index in [1.54, 1.807) is 24.0 Å². The first-order valence-electron chi connectivity index (χ1n) is 10.2. The first-order valence-corrected chi connectivity index (χ1v) is 10.6. The quantitative estimate of drug-likeness (QED) is 0.502. The summed E-state index contributed by atoms with van der Waals surface area (Å²) in [6.45, 7) is 7.09. The Morgan fingerprint density at radius 3 is 2.39 bits per heavy atom. The number of halogens is 2. The van der Waals surface area contributed by atoms with Gasteiger partial charge in [0.05, 0.1) is 5.69 Å². The molecule has 31 heavy (non-hydrogen) atoms. The van der Waals surface area contributed by atoms with Crippen molar-refractivity contribution in [1.82, 2.24) is 15.1 Å². The van der Waals surface area contributed by atoms with Crippen molar-refractivity contribution in [1.29, 1.82) is 0 Å². The summed E-state index contributed by atoms with van der Waals surface area (Å²) in [5.74, 6) is 0.262. The smallest absolute Gasteiger partial charge is 0.240 e. The molecule has 0 unspecified atom stereocenters. The highest BCUT2D eigenvalue weighted by atomic mass is 35.5. The number of carbonyl (C=O) groups excluding carboxylic acids is 1. The second kappa shape index (κ2) is 10.4. The topological polar surface area (TPSA) is 58.1 Å². The number of aromatic nitrogens is 2. The summed E-state index contributed by atoms with van der Waals surface area (Å²) in [6, 6.07) is 16.0. The third-order valence-corrected chi connectivity index (χ3v) is 5.37. The lowest BCUT2D eigenvalue weighted by molar-refractivity contribution is -0.130. The van der Waals surface area contributed by atoms with Crippen LogP contribution in [0.1, 0.15) is 23.6 Å². The molecule has 0 aliphatic heterocycles. The normalized spacial score (nSPS) is 11.8. The van der Waals surface area contributed by atoms with Crippen LogP contribution < -0.4 is 5.32 Å². The van der Waals surface area contributed by atoms with Crippen LogP contribution in [0.5, 0.6) is 0 Å². The number of rotatable bonds is 8. The average Bonchev–Trinajstić information content (AvgIpc) is 2.77. The summed E-state index contributed by atoms with van der Waals surface area (Å²) in [4.78, 5) is 14.3. The Morgan fingerprint density at radius 1 is 1.06 bits per heavy atom. The summed E-state index contributed by atoms with van der Waals surface area (Å²) >= 11 is 6.06. The third-order valence-electron chi connectivity index (χ3n) is 5.18. The highest BCUT2D eigenvalue weighted by Gasteiger charge is 2.19. The van der Waals surface area contributed by atoms with Crippen molar-refractivity contribution in [2.24, 2.45) is 0 Å². The van der Waals surface area contributed by atoms with Crippen molar-refractivity contribution >= 4 is 23.3 Å². The van der Waals surface area contributed by atoms with Crippen molar-refractivity contribution in [3.05, 3.63) is 77.1 Å². The van der Waals surface area contributed by atoms with E-state index in [9.17, 15) is 9.18 Å². The van der Waals surface area contributed by atoms with Gasteiger partial charge in [-0.2, -0.15) is 0 Å². The van der Waals surface area contributed by atoms with E-state index in [1.165, 1.54) is 12.1 Å². The van der Waals surface area contributed by atoms with Crippen molar-refractivity contribution < 1.29 is 9.18 Å². The number of amides is 1. The Bertz CT molecular complexity index is 1030. The third kappa shape index (κ3) is 5.79.